The van der Waals surface area contributed by atoms with Crippen LogP contribution in [0.25, 0.3) is 0 Å². The molecule has 1 aromatic rings. The first kappa shape index (κ1) is 14.9. The monoisotopic (exact) mass is 275 g/mol. The Hall–Kier alpha value is -1.18. The second kappa shape index (κ2) is 5.64. The van der Waals surface area contributed by atoms with Gasteiger partial charge in [-0.05, 0) is 39.2 Å². The smallest absolute Gasteiger partial charge is 0.243 e. The summed E-state index contributed by atoms with van der Waals surface area (Å²) in [6, 6.07) is 2.98. The van der Waals surface area contributed by atoms with Gasteiger partial charge in [0.1, 0.15) is 10.7 Å². The number of sulfonamides is 1. The van der Waals surface area contributed by atoms with Crippen molar-refractivity contribution in [1.82, 2.24) is 9.62 Å². The molecule has 1 unspecified atom stereocenters. The van der Waals surface area contributed by atoms with Gasteiger partial charge in [0.2, 0.25) is 10.0 Å². The van der Waals surface area contributed by atoms with Gasteiger partial charge in [-0.15, -0.1) is 0 Å². The van der Waals surface area contributed by atoms with Crippen LogP contribution in [0.1, 0.15) is 6.92 Å². The van der Waals surface area contributed by atoms with E-state index in [-0.39, 0.29) is 16.6 Å². The molecule has 5 nitrogen and oxygen atoms in total. The average molecular weight is 275 g/mol. The molecule has 18 heavy (non-hydrogen) atoms. The lowest BCUT2D eigenvalue weighted by molar-refractivity contribution is 0.370. The first-order valence-electron chi connectivity index (χ1n) is 5.44. The predicted molar refractivity (Wildman–Crippen MR) is 69.1 cm³/mol. The average Bonchev–Trinajstić information content (AvgIpc) is 2.19. The van der Waals surface area contributed by atoms with Gasteiger partial charge in [0.25, 0.3) is 0 Å². The molecule has 0 aliphatic carbocycles. The van der Waals surface area contributed by atoms with E-state index in [1.807, 2.05) is 19.0 Å². The van der Waals surface area contributed by atoms with Crippen LogP contribution in [0.5, 0.6) is 0 Å². The molecule has 102 valence electrons. The van der Waals surface area contributed by atoms with Crippen LogP contribution < -0.4 is 10.5 Å². The van der Waals surface area contributed by atoms with Gasteiger partial charge in [0, 0.05) is 12.6 Å². The van der Waals surface area contributed by atoms with Crippen LogP contribution in [0.3, 0.4) is 0 Å². The Kier molecular flexibility index (Phi) is 4.66. The summed E-state index contributed by atoms with van der Waals surface area (Å²) < 4.78 is 39.6. The minimum absolute atomic E-state index is 0.0287. The lowest BCUT2D eigenvalue weighted by atomic mass is 10.3. The van der Waals surface area contributed by atoms with Crippen LogP contribution in [0, 0.1) is 5.82 Å². The zero-order valence-corrected chi connectivity index (χ0v) is 11.5. The van der Waals surface area contributed by atoms with Crippen molar-refractivity contribution in [3.63, 3.8) is 0 Å². The maximum atomic E-state index is 13.1. The van der Waals surface area contributed by atoms with E-state index in [0.29, 0.717) is 6.54 Å². The molecule has 1 rings (SSSR count). The van der Waals surface area contributed by atoms with Gasteiger partial charge in [-0.25, -0.2) is 17.5 Å². The zero-order chi connectivity index (χ0) is 13.9. The maximum Gasteiger partial charge on any atom is 0.243 e. The Morgan fingerprint density at radius 2 is 2.06 bits per heavy atom. The quantitative estimate of drug-likeness (QED) is 0.773. The van der Waals surface area contributed by atoms with Crippen molar-refractivity contribution in [3.05, 3.63) is 24.0 Å². The Morgan fingerprint density at radius 1 is 1.44 bits per heavy atom. The van der Waals surface area contributed by atoms with Crippen molar-refractivity contribution in [2.75, 3.05) is 26.4 Å². The molecule has 0 amide bonds. The molecule has 0 aromatic heterocycles. The fraction of sp³-hybridized carbons (Fsp3) is 0.455. The molecule has 0 bridgehead atoms. The molecule has 0 radical (unpaired) electrons. The van der Waals surface area contributed by atoms with Crippen molar-refractivity contribution in [3.8, 4) is 0 Å². The second-order valence-electron chi connectivity index (χ2n) is 4.47. The molecule has 0 saturated heterocycles. The van der Waals surface area contributed by atoms with Gasteiger partial charge in [-0.3, -0.25) is 0 Å². The molecule has 7 heteroatoms. The fourth-order valence-electron chi connectivity index (χ4n) is 1.65. The first-order chi connectivity index (χ1) is 8.22. The van der Waals surface area contributed by atoms with Crippen LogP contribution in [-0.2, 0) is 10.0 Å². The summed E-state index contributed by atoms with van der Waals surface area (Å²) in [5.74, 6) is -0.634. The fourth-order valence-corrected chi connectivity index (χ4v) is 3.03. The summed E-state index contributed by atoms with van der Waals surface area (Å²) in [5.41, 5.74) is 5.58. The van der Waals surface area contributed by atoms with Gasteiger partial charge < -0.3 is 10.6 Å². The summed E-state index contributed by atoms with van der Waals surface area (Å²) in [6.45, 7) is 2.27. The highest BCUT2D eigenvalue weighted by Gasteiger charge is 2.20. The lowest BCUT2D eigenvalue weighted by Gasteiger charge is -2.18. The summed E-state index contributed by atoms with van der Waals surface area (Å²) in [5, 5.41) is 0. The van der Waals surface area contributed by atoms with Crippen molar-refractivity contribution in [2.24, 2.45) is 0 Å². The number of hydrogen-bond donors (Lipinski definition) is 2. The van der Waals surface area contributed by atoms with Crippen LogP contribution in [-0.4, -0.2) is 40.0 Å². The molecule has 0 fully saturated rings. The number of halogens is 1. The van der Waals surface area contributed by atoms with Crippen LogP contribution in [0.2, 0.25) is 0 Å². The van der Waals surface area contributed by atoms with Crippen molar-refractivity contribution >= 4 is 15.7 Å². The van der Waals surface area contributed by atoms with E-state index in [1.54, 1.807) is 6.92 Å². The van der Waals surface area contributed by atoms with Crippen molar-refractivity contribution < 1.29 is 12.8 Å². The van der Waals surface area contributed by atoms with E-state index in [9.17, 15) is 12.8 Å². The molecular formula is C11H18FN3O2S. The molecule has 3 N–H and O–H groups in total. The lowest BCUT2D eigenvalue weighted by Crippen LogP contribution is -2.39. The Bertz CT molecular complexity index is 517. The van der Waals surface area contributed by atoms with Crippen LogP contribution >= 0.6 is 0 Å². The maximum absolute atomic E-state index is 13.1. The van der Waals surface area contributed by atoms with Gasteiger partial charge in [-0.2, -0.15) is 0 Å². The molecule has 1 aromatic carbocycles. The third-order valence-corrected chi connectivity index (χ3v) is 3.91. The summed E-state index contributed by atoms with van der Waals surface area (Å²) in [4.78, 5) is 1.62. The number of nitrogens with zero attached hydrogens (tertiary/aromatic N) is 1. The molecule has 0 saturated carbocycles. The molecule has 1 atom stereocenters. The summed E-state index contributed by atoms with van der Waals surface area (Å²) in [6.07, 6.45) is 0. The van der Waals surface area contributed by atoms with Crippen LogP contribution in [0.15, 0.2) is 23.1 Å². The molecule has 0 spiro atoms. The Balaban J connectivity index is 2.96. The van der Waals surface area contributed by atoms with E-state index in [2.05, 4.69) is 4.72 Å². The van der Waals surface area contributed by atoms with Crippen LogP contribution in [0.4, 0.5) is 10.1 Å². The SMILES string of the molecule is CC(CN(C)C)NS(=O)(=O)c1cc(F)ccc1N. The summed E-state index contributed by atoms with van der Waals surface area (Å²) in [7, 11) is -0.131. The van der Waals surface area contributed by atoms with E-state index < -0.39 is 15.8 Å². The predicted octanol–water partition coefficient (Wildman–Crippen LogP) is 0.636. The third-order valence-electron chi connectivity index (χ3n) is 2.26. The van der Waals surface area contributed by atoms with E-state index in [0.717, 1.165) is 12.1 Å². The number of anilines is 1. The number of nitrogen functional groups attached to an aromatic ring is 1. The highest BCUT2D eigenvalue weighted by atomic mass is 32.2. The zero-order valence-electron chi connectivity index (χ0n) is 10.6. The minimum atomic E-state index is -3.80. The first-order valence-corrected chi connectivity index (χ1v) is 6.93. The van der Waals surface area contributed by atoms with Gasteiger partial charge in [0.05, 0.1) is 5.69 Å². The topological polar surface area (TPSA) is 75.4 Å². The highest BCUT2D eigenvalue weighted by Crippen LogP contribution is 2.19. The molecule has 0 aliphatic heterocycles. The number of nitrogens with two attached hydrogens (primary N) is 1. The molecule has 0 aliphatic rings. The van der Waals surface area contributed by atoms with Gasteiger partial charge in [0.15, 0.2) is 0 Å². The normalized spacial score (nSPS) is 13.8. The highest BCUT2D eigenvalue weighted by molar-refractivity contribution is 7.89. The Labute approximate surface area is 107 Å². The van der Waals surface area contributed by atoms with Gasteiger partial charge >= 0.3 is 0 Å². The number of likely N-dealkylation sites (N-methyl/N-ethyl adjacent to an activating group) is 1. The van der Waals surface area contributed by atoms with Crippen molar-refractivity contribution in [2.45, 2.75) is 17.9 Å². The van der Waals surface area contributed by atoms with E-state index >= 15 is 0 Å². The van der Waals surface area contributed by atoms with E-state index in [1.165, 1.54) is 6.07 Å². The largest absolute Gasteiger partial charge is 0.398 e. The van der Waals surface area contributed by atoms with Gasteiger partial charge in [-0.1, -0.05) is 0 Å². The minimum Gasteiger partial charge on any atom is -0.398 e. The number of nitrogens with one attached hydrogen (secondary N) is 1. The number of hydrogen-bond acceptors (Lipinski definition) is 4. The molecule has 0 heterocycles. The molecular weight excluding hydrogens is 257 g/mol. The standard InChI is InChI=1S/C11H18FN3O2S/c1-8(7-15(2)3)14-18(16,17)11-6-9(12)4-5-10(11)13/h4-6,8,14H,7,13H2,1-3H3. The Morgan fingerprint density at radius 3 is 2.61 bits per heavy atom. The number of benzene rings is 1. The second-order valence-corrected chi connectivity index (χ2v) is 6.15. The number of rotatable bonds is 5. The van der Waals surface area contributed by atoms with Crippen molar-refractivity contribution in [1.29, 1.82) is 0 Å². The van der Waals surface area contributed by atoms with E-state index in [4.69, 9.17) is 5.73 Å². The third kappa shape index (κ3) is 3.94. The summed E-state index contributed by atoms with van der Waals surface area (Å²) >= 11 is 0.